The molecule has 0 N–H and O–H groups in total. The quantitative estimate of drug-likeness (QED) is 0.264. The van der Waals surface area contributed by atoms with E-state index in [2.05, 4.69) is 4.99 Å². The van der Waals surface area contributed by atoms with Gasteiger partial charge in [0.05, 0.1) is 0 Å². The number of alkyl halides is 4. The van der Waals surface area contributed by atoms with Crippen LogP contribution in [0.15, 0.2) is 4.99 Å². The lowest BCUT2D eigenvalue weighted by atomic mass is 10.2. The van der Waals surface area contributed by atoms with Crippen molar-refractivity contribution in [3.63, 3.8) is 0 Å². The fourth-order valence-electron chi connectivity index (χ4n) is 1.62. The number of amides is 1. The summed E-state index contributed by atoms with van der Waals surface area (Å²) in [6.45, 7) is 0. The average Bonchev–Trinajstić information content (AvgIpc) is 2.57. The fourth-order valence-corrected chi connectivity index (χ4v) is 3.92. The van der Waals surface area contributed by atoms with E-state index < -0.39 is 24.2 Å². The number of amidine groups is 1. The van der Waals surface area contributed by atoms with Crippen LogP contribution in [-0.4, -0.2) is 43.8 Å². The molecule has 0 aromatic heterocycles. The van der Waals surface area contributed by atoms with E-state index in [-0.39, 0.29) is 35.2 Å². The topological polar surface area (TPSA) is 32.4 Å². The second-order valence-electron chi connectivity index (χ2n) is 3.40. The number of thioether (sulfide) groups is 1. The van der Waals surface area contributed by atoms with Gasteiger partial charge in [0, 0.05) is 15.2 Å². The van der Waals surface area contributed by atoms with Gasteiger partial charge in [-0.3, -0.25) is 0 Å². The summed E-state index contributed by atoms with van der Waals surface area (Å²) in [4.78, 5) is 14.8. The molecule has 0 spiro atoms. The van der Waals surface area contributed by atoms with Gasteiger partial charge in [0.25, 0.3) is 0 Å². The second-order valence-corrected chi connectivity index (χ2v) is 5.27. The van der Waals surface area contributed by atoms with Crippen LogP contribution in [0.4, 0.5) is 13.2 Å². The average molecular weight is 490 g/mol. The Bertz CT molecular complexity index is 408. The highest BCUT2D eigenvalue weighted by molar-refractivity contribution is 14.1. The maximum Gasteiger partial charge on any atom is 0.449 e. The molecule has 0 bridgehead atoms. The van der Waals surface area contributed by atoms with E-state index in [4.69, 9.17) is 0 Å². The SMILES string of the molecule is O=C1CC(C(F)(F)F)=[N+]2C(=N1)SCC2CI.[I-]. The van der Waals surface area contributed by atoms with E-state index in [1.54, 1.807) is 0 Å². The zero-order valence-electron chi connectivity index (χ0n) is 8.30. The maximum atomic E-state index is 12.8. The molecule has 96 valence electrons. The maximum absolute atomic E-state index is 12.8. The molecule has 17 heavy (non-hydrogen) atoms. The summed E-state index contributed by atoms with van der Waals surface area (Å²) in [5.74, 6) is -0.158. The Kier molecular flexibility index (Phi) is 5.27. The largest absolute Gasteiger partial charge is 1.00 e. The molecule has 1 amide bonds. The summed E-state index contributed by atoms with van der Waals surface area (Å²) in [6.07, 6.45) is -5.09. The first-order valence-corrected chi connectivity index (χ1v) is 6.97. The smallest absolute Gasteiger partial charge is 0.449 e. The Morgan fingerprint density at radius 1 is 1.53 bits per heavy atom. The highest BCUT2D eigenvalue weighted by atomic mass is 127. The molecular formula is C8H7F3I2N2OS. The number of nitrogens with zero attached hydrogens (tertiary/aromatic N) is 2. The first kappa shape index (κ1) is 15.7. The summed E-state index contributed by atoms with van der Waals surface area (Å²) in [7, 11) is 0. The zero-order valence-corrected chi connectivity index (χ0v) is 13.4. The Hall–Kier alpha value is 0.610. The first-order valence-electron chi connectivity index (χ1n) is 4.46. The molecule has 0 saturated carbocycles. The minimum Gasteiger partial charge on any atom is -1.00 e. The molecule has 9 heteroatoms. The van der Waals surface area contributed by atoms with Crippen molar-refractivity contribution in [3.05, 3.63) is 0 Å². The van der Waals surface area contributed by atoms with Crippen LogP contribution in [0.1, 0.15) is 6.42 Å². The lowest BCUT2D eigenvalue weighted by Gasteiger charge is -2.15. The highest BCUT2D eigenvalue weighted by Crippen LogP contribution is 2.30. The summed E-state index contributed by atoms with van der Waals surface area (Å²) >= 11 is 3.26. The monoisotopic (exact) mass is 490 g/mol. The van der Waals surface area contributed by atoms with Gasteiger partial charge in [-0.25, -0.2) is 9.37 Å². The van der Waals surface area contributed by atoms with Crippen molar-refractivity contribution in [2.75, 3.05) is 10.2 Å². The molecule has 0 aromatic carbocycles. The Balaban J connectivity index is 0.00000144. The zero-order chi connectivity index (χ0) is 11.9. The molecule has 1 unspecified atom stereocenters. The van der Waals surface area contributed by atoms with Gasteiger partial charge in [0.2, 0.25) is 0 Å². The van der Waals surface area contributed by atoms with Crippen molar-refractivity contribution in [1.82, 2.24) is 0 Å². The molecular weight excluding hydrogens is 483 g/mol. The number of hydrogen-bond donors (Lipinski definition) is 0. The van der Waals surface area contributed by atoms with Gasteiger partial charge in [0.15, 0.2) is 5.71 Å². The third-order valence-corrected chi connectivity index (χ3v) is 4.43. The Morgan fingerprint density at radius 2 is 2.18 bits per heavy atom. The first-order chi connectivity index (χ1) is 7.43. The number of aliphatic imine (C=N–C) groups is 1. The summed E-state index contributed by atoms with van der Waals surface area (Å²) in [5, 5.41) is 0.199. The van der Waals surface area contributed by atoms with E-state index in [0.717, 1.165) is 0 Å². The molecule has 1 fully saturated rings. The Labute approximate surface area is 130 Å². The van der Waals surface area contributed by atoms with Gasteiger partial charge in [-0.2, -0.15) is 13.2 Å². The van der Waals surface area contributed by atoms with Crippen LogP contribution in [0.5, 0.6) is 0 Å². The third kappa shape index (κ3) is 3.14. The Morgan fingerprint density at radius 3 is 2.71 bits per heavy atom. The second kappa shape index (κ2) is 5.72. The number of fused-ring (bicyclic) bond motifs is 1. The molecule has 0 aromatic rings. The highest BCUT2D eigenvalue weighted by Gasteiger charge is 2.50. The standard InChI is InChI=1S/C8H7F3IN2OS.HI/c9-8(10,11)5-1-6(15)13-7-14(5)4(2-12)3-16-7;/h4H,1-3H2;1H/q+1;/p-1. The number of halogens is 5. The van der Waals surface area contributed by atoms with Gasteiger partial charge < -0.3 is 24.0 Å². The van der Waals surface area contributed by atoms with E-state index in [1.165, 1.54) is 16.3 Å². The van der Waals surface area contributed by atoms with Crippen molar-refractivity contribution >= 4 is 51.1 Å². The predicted octanol–water partition coefficient (Wildman–Crippen LogP) is -1.16. The lowest BCUT2D eigenvalue weighted by molar-refractivity contribution is -0.442. The molecule has 0 aliphatic carbocycles. The summed E-state index contributed by atoms with van der Waals surface area (Å²) in [5.41, 5.74) is -0.769. The molecule has 1 atom stereocenters. The molecule has 2 heterocycles. The van der Waals surface area contributed by atoms with Crippen LogP contribution in [0.2, 0.25) is 0 Å². The molecule has 0 radical (unpaired) electrons. The van der Waals surface area contributed by atoms with Gasteiger partial charge in [-0.05, 0) is 11.8 Å². The normalized spacial score (nSPS) is 24.4. The van der Waals surface area contributed by atoms with Crippen LogP contribution in [0.3, 0.4) is 0 Å². The third-order valence-electron chi connectivity index (χ3n) is 2.31. The molecule has 2 rings (SSSR count). The number of rotatable bonds is 1. The van der Waals surface area contributed by atoms with Crippen LogP contribution in [0, 0.1) is 0 Å². The van der Waals surface area contributed by atoms with E-state index >= 15 is 0 Å². The van der Waals surface area contributed by atoms with Gasteiger partial charge in [0.1, 0.15) is 12.5 Å². The molecule has 2 aliphatic rings. The van der Waals surface area contributed by atoms with Crippen molar-refractivity contribution < 1.29 is 46.5 Å². The van der Waals surface area contributed by atoms with E-state index in [1.807, 2.05) is 22.6 Å². The van der Waals surface area contributed by atoms with Crippen LogP contribution < -0.4 is 24.0 Å². The number of hydrogen-bond acceptors (Lipinski definition) is 2. The van der Waals surface area contributed by atoms with Crippen molar-refractivity contribution in [2.45, 2.75) is 18.6 Å². The van der Waals surface area contributed by atoms with Crippen LogP contribution in [0.25, 0.3) is 0 Å². The van der Waals surface area contributed by atoms with Crippen LogP contribution >= 0.6 is 34.4 Å². The molecule has 2 aliphatic heterocycles. The molecule has 3 nitrogen and oxygen atoms in total. The summed E-state index contributed by atoms with van der Waals surface area (Å²) < 4.78 is 40.1. The number of carbonyl (C=O) groups excluding carboxylic acids is 1. The minimum absolute atomic E-state index is 0. The van der Waals surface area contributed by atoms with Gasteiger partial charge in [-0.1, -0.05) is 22.6 Å². The summed E-state index contributed by atoms with van der Waals surface area (Å²) in [6, 6.07) is -0.214. The van der Waals surface area contributed by atoms with E-state index in [9.17, 15) is 18.0 Å². The molecule has 1 saturated heterocycles. The van der Waals surface area contributed by atoms with Crippen LogP contribution in [-0.2, 0) is 4.79 Å². The van der Waals surface area contributed by atoms with Crippen molar-refractivity contribution in [2.24, 2.45) is 4.99 Å². The fraction of sp³-hybridized carbons (Fsp3) is 0.625. The predicted molar refractivity (Wildman–Crippen MR) is 63.5 cm³/mol. The van der Waals surface area contributed by atoms with Crippen molar-refractivity contribution in [3.8, 4) is 0 Å². The van der Waals surface area contributed by atoms with Gasteiger partial charge in [-0.15, -0.1) is 0 Å². The van der Waals surface area contributed by atoms with Crippen molar-refractivity contribution in [1.29, 1.82) is 0 Å². The van der Waals surface area contributed by atoms with E-state index in [0.29, 0.717) is 10.2 Å². The minimum atomic E-state index is -4.45. The lowest BCUT2D eigenvalue weighted by Crippen LogP contribution is -3.00. The number of carbonyl (C=O) groups is 1. The van der Waals surface area contributed by atoms with Gasteiger partial charge >= 0.3 is 17.3 Å².